The van der Waals surface area contributed by atoms with Gasteiger partial charge in [-0.15, -0.1) is 0 Å². The van der Waals surface area contributed by atoms with Crippen molar-refractivity contribution in [1.29, 1.82) is 0 Å². The molecule has 0 amide bonds. The van der Waals surface area contributed by atoms with E-state index in [0.29, 0.717) is 0 Å². The first-order chi connectivity index (χ1) is 16.2. The van der Waals surface area contributed by atoms with Gasteiger partial charge in [0.15, 0.2) is 0 Å². The van der Waals surface area contributed by atoms with Gasteiger partial charge in [-0.2, -0.15) is 0 Å². The molecule has 2 nitrogen and oxygen atoms in total. The highest BCUT2D eigenvalue weighted by Gasteiger charge is 2.42. The maximum absolute atomic E-state index is 2.59. The minimum atomic E-state index is 0.0380. The maximum atomic E-state index is 2.59. The molecule has 0 bridgehead atoms. The maximum Gasteiger partial charge on any atom is 0.108 e. The Hall–Kier alpha value is -1.27. The lowest BCUT2D eigenvalue weighted by Gasteiger charge is -2.46. The molecule has 1 heterocycles. The van der Waals surface area contributed by atoms with E-state index in [-0.39, 0.29) is 7.92 Å². The van der Waals surface area contributed by atoms with Crippen molar-refractivity contribution in [1.82, 2.24) is 9.80 Å². The van der Waals surface area contributed by atoms with Gasteiger partial charge >= 0.3 is 0 Å². The average Bonchev–Trinajstić information content (AvgIpc) is 3.19. The fourth-order valence-electron chi connectivity index (χ4n) is 7.25. The Morgan fingerprint density at radius 1 is 0.727 bits per heavy atom. The van der Waals surface area contributed by atoms with E-state index in [1.807, 2.05) is 0 Å². The molecule has 3 heteroatoms. The predicted molar refractivity (Wildman–Crippen MR) is 145 cm³/mol. The van der Waals surface area contributed by atoms with E-state index in [4.69, 9.17) is 0 Å². The molecule has 0 radical (unpaired) electrons. The van der Waals surface area contributed by atoms with Crippen LogP contribution in [0, 0.1) is 0 Å². The number of benzene rings is 1. The molecule has 1 aromatic rings. The first-order valence-electron chi connectivity index (χ1n) is 13.9. The van der Waals surface area contributed by atoms with Gasteiger partial charge in [-0.3, -0.25) is 0 Å². The third-order valence-corrected chi connectivity index (χ3v) is 12.8. The van der Waals surface area contributed by atoms with Crippen molar-refractivity contribution in [3.05, 3.63) is 52.9 Å². The molecule has 1 atom stereocenters. The van der Waals surface area contributed by atoms with Crippen LogP contribution in [0.4, 0.5) is 0 Å². The van der Waals surface area contributed by atoms with E-state index < -0.39 is 0 Å². The van der Waals surface area contributed by atoms with E-state index in [0.717, 1.165) is 17.0 Å². The van der Waals surface area contributed by atoms with Gasteiger partial charge in [-0.25, -0.2) is 0 Å². The topological polar surface area (TPSA) is 6.48 Å². The molecule has 1 unspecified atom stereocenters. The molecule has 5 rings (SSSR count). The standard InChI is InChI=1S/C30H45N2P/c1-31-21-22-32(2)30(31)29-25(23-24-13-6-3-7-14-24)15-12-20-28(29)33(26-16-8-4-9-17-26)27-18-10-5-11-19-27/h3,6-7,13-14,23,26-28H,4-5,8-12,15-22H2,1-2H3. The Morgan fingerprint density at radius 2 is 1.30 bits per heavy atom. The van der Waals surface area contributed by atoms with Gasteiger partial charge in [0.25, 0.3) is 0 Å². The van der Waals surface area contributed by atoms with Crippen LogP contribution in [-0.4, -0.2) is 54.0 Å². The van der Waals surface area contributed by atoms with Gasteiger partial charge in [0.1, 0.15) is 5.82 Å². The van der Waals surface area contributed by atoms with Crippen LogP contribution in [0.15, 0.2) is 47.3 Å². The largest absolute Gasteiger partial charge is 0.359 e. The predicted octanol–water partition coefficient (Wildman–Crippen LogP) is 7.86. The molecule has 1 saturated heterocycles. The lowest BCUT2D eigenvalue weighted by Crippen LogP contribution is -2.33. The van der Waals surface area contributed by atoms with Crippen molar-refractivity contribution in [3.8, 4) is 0 Å². The van der Waals surface area contributed by atoms with Crippen LogP contribution in [0.25, 0.3) is 6.08 Å². The van der Waals surface area contributed by atoms with Gasteiger partial charge < -0.3 is 9.80 Å². The molecule has 180 valence electrons. The fraction of sp³-hybridized carbons (Fsp3) is 0.667. The molecular weight excluding hydrogens is 419 g/mol. The highest BCUT2D eigenvalue weighted by atomic mass is 31.1. The van der Waals surface area contributed by atoms with Crippen molar-refractivity contribution >= 4 is 14.0 Å². The van der Waals surface area contributed by atoms with Crippen molar-refractivity contribution in [2.45, 2.75) is 100 Å². The van der Waals surface area contributed by atoms with Crippen LogP contribution in [0.2, 0.25) is 0 Å². The lowest BCUT2D eigenvalue weighted by atomic mass is 9.87. The van der Waals surface area contributed by atoms with E-state index >= 15 is 0 Å². The molecule has 33 heavy (non-hydrogen) atoms. The van der Waals surface area contributed by atoms with E-state index in [2.05, 4.69) is 60.3 Å². The Kier molecular flexibility index (Phi) is 7.81. The Labute approximate surface area is 204 Å². The summed E-state index contributed by atoms with van der Waals surface area (Å²) in [6, 6.07) is 11.1. The molecule has 0 N–H and O–H groups in total. The number of allylic oxidation sites excluding steroid dienone is 2. The smallest absolute Gasteiger partial charge is 0.108 e. The van der Waals surface area contributed by atoms with E-state index in [1.54, 1.807) is 17.0 Å². The lowest BCUT2D eigenvalue weighted by molar-refractivity contribution is 0.408. The van der Waals surface area contributed by atoms with Crippen molar-refractivity contribution in [2.24, 2.45) is 0 Å². The van der Waals surface area contributed by atoms with Crippen LogP contribution >= 0.6 is 7.92 Å². The summed E-state index contributed by atoms with van der Waals surface area (Å²) in [5.74, 6) is 1.57. The molecule has 3 aliphatic carbocycles. The molecule has 4 aliphatic rings. The summed E-state index contributed by atoms with van der Waals surface area (Å²) in [7, 11) is 4.73. The second-order valence-electron chi connectivity index (χ2n) is 11.1. The van der Waals surface area contributed by atoms with E-state index in [1.165, 1.54) is 102 Å². The van der Waals surface area contributed by atoms with Crippen molar-refractivity contribution in [2.75, 3.05) is 27.2 Å². The highest BCUT2D eigenvalue weighted by molar-refractivity contribution is 7.60. The summed E-state index contributed by atoms with van der Waals surface area (Å²) in [5.41, 5.74) is 7.67. The first kappa shape index (κ1) is 23.5. The quantitative estimate of drug-likeness (QED) is 0.419. The Bertz CT molecular complexity index is 802. The summed E-state index contributed by atoms with van der Waals surface area (Å²) >= 11 is 0. The summed E-state index contributed by atoms with van der Waals surface area (Å²) in [5, 5.41) is 0. The fourth-order valence-corrected chi connectivity index (χ4v) is 11.8. The van der Waals surface area contributed by atoms with Gasteiger partial charge in [0.05, 0.1) is 0 Å². The number of likely N-dealkylation sites (N-methyl/N-ethyl adjacent to an activating group) is 2. The highest BCUT2D eigenvalue weighted by Crippen LogP contribution is 2.64. The molecule has 0 aromatic heterocycles. The van der Waals surface area contributed by atoms with Gasteiger partial charge in [-0.1, -0.05) is 82.9 Å². The number of rotatable bonds is 4. The second-order valence-corrected chi connectivity index (χ2v) is 14.1. The summed E-state index contributed by atoms with van der Waals surface area (Å²) < 4.78 is 0. The molecule has 4 fully saturated rings. The Balaban J connectivity index is 1.59. The summed E-state index contributed by atoms with van der Waals surface area (Å²) in [4.78, 5) is 5.17. The molecule has 0 spiro atoms. The third kappa shape index (κ3) is 5.22. The average molecular weight is 465 g/mol. The van der Waals surface area contributed by atoms with E-state index in [9.17, 15) is 0 Å². The van der Waals surface area contributed by atoms with Crippen molar-refractivity contribution in [3.63, 3.8) is 0 Å². The minimum Gasteiger partial charge on any atom is -0.359 e. The van der Waals surface area contributed by atoms with Crippen LogP contribution in [-0.2, 0) is 0 Å². The first-order valence-corrected chi connectivity index (χ1v) is 15.5. The monoisotopic (exact) mass is 464 g/mol. The van der Waals surface area contributed by atoms with Gasteiger partial charge in [0.2, 0.25) is 0 Å². The molecular formula is C30H45N2P. The number of hydrogen-bond acceptors (Lipinski definition) is 2. The molecule has 1 aliphatic heterocycles. The van der Waals surface area contributed by atoms with Crippen LogP contribution in [0.5, 0.6) is 0 Å². The Morgan fingerprint density at radius 3 is 1.88 bits per heavy atom. The normalized spacial score (nSPS) is 27.2. The van der Waals surface area contributed by atoms with Crippen molar-refractivity contribution < 1.29 is 0 Å². The summed E-state index contributed by atoms with van der Waals surface area (Å²) in [6.07, 6.45) is 21.6. The summed E-state index contributed by atoms with van der Waals surface area (Å²) in [6.45, 7) is 2.34. The van der Waals surface area contributed by atoms with Crippen LogP contribution < -0.4 is 0 Å². The zero-order chi connectivity index (χ0) is 22.6. The molecule has 1 aromatic carbocycles. The second kappa shape index (κ2) is 11.0. The third-order valence-electron chi connectivity index (χ3n) is 8.83. The van der Waals surface area contributed by atoms with Crippen LogP contribution in [0.1, 0.15) is 89.0 Å². The number of nitrogens with zero attached hydrogens (tertiary/aromatic N) is 2. The number of hydrogen-bond donors (Lipinski definition) is 0. The minimum absolute atomic E-state index is 0.0380. The molecule has 3 saturated carbocycles. The SMILES string of the molecule is CN1CCN(C)C1=C1C(=Cc2ccccc2)CCCC1P(C1CCCCC1)C1CCCCC1. The van der Waals surface area contributed by atoms with Crippen LogP contribution in [0.3, 0.4) is 0 Å². The van der Waals surface area contributed by atoms with Gasteiger partial charge in [-0.05, 0) is 67.4 Å². The van der Waals surface area contributed by atoms with Gasteiger partial charge in [0, 0.05) is 38.4 Å². The zero-order valence-corrected chi connectivity index (χ0v) is 22.0. The zero-order valence-electron chi connectivity index (χ0n) is 21.1.